The Balaban J connectivity index is 1.46. The molecule has 1 saturated heterocycles. The van der Waals surface area contributed by atoms with Gasteiger partial charge in [0.15, 0.2) is 5.69 Å². The molecule has 3 N–H and O–H groups in total. The summed E-state index contributed by atoms with van der Waals surface area (Å²) in [6.45, 7) is 3.07. The molecule has 0 atom stereocenters. The topological polar surface area (TPSA) is 112 Å². The maximum absolute atomic E-state index is 13.3. The Labute approximate surface area is 185 Å². The zero-order valence-corrected chi connectivity index (χ0v) is 18.2. The highest BCUT2D eigenvalue weighted by Gasteiger charge is 2.49. The van der Waals surface area contributed by atoms with E-state index in [1.54, 1.807) is 11.0 Å². The van der Waals surface area contributed by atoms with Crippen LogP contribution in [0.25, 0.3) is 0 Å². The zero-order chi connectivity index (χ0) is 22.2. The summed E-state index contributed by atoms with van der Waals surface area (Å²) < 4.78 is 0. The number of hydrogen-bond acceptors (Lipinski definition) is 4. The first-order valence-corrected chi connectivity index (χ1v) is 11.0. The van der Waals surface area contributed by atoms with Gasteiger partial charge in [-0.3, -0.25) is 14.4 Å². The highest BCUT2D eigenvalue weighted by molar-refractivity contribution is 6.31. The van der Waals surface area contributed by atoms with Gasteiger partial charge in [-0.2, -0.15) is 0 Å². The molecule has 1 aliphatic heterocycles. The van der Waals surface area contributed by atoms with E-state index in [9.17, 15) is 14.4 Å². The molecule has 164 valence electrons. The molecule has 2 fully saturated rings. The largest absolute Gasteiger partial charge is 0.364 e. The molecule has 31 heavy (non-hydrogen) atoms. The maximum atomic E-state index is 13.3. The molecule has 0 radical (unpaired) electrons. The number of carbonyl (C=O) groups is 3. The number of nitrogens with one attached hydrogen (secondary N) is 1. The van der Waals surface area contributed by atoms with Crippen LogP contribution in [0, 0.1) is 5.41 Å². The van der Waals surface area contributed by atoms with E-state index in [0.29, 0.717) is 18.1 Å². The third-order valence-corrected chi connectivity index (χ3v) is 6.91. The normalized spacial score (nSPS) is 23.4. The number of imidazole rings is 1. The van der Waals surface area contributed by atoms with Crippen LogP contribution in [0.1, 0.15) is 60.0 Å². The van der Waals surface area contributed by atoms with Gasteiger partial charge >= 0.3 is 0 Å². The zero-order valence-electron chi connectivity index (χ0n) is 17.4. The van der Waals surface area contributed by atoms with Crippen LogP contribution in [-0.4, -0.2) is 51.7 Å². The number of rotatable bonds is 5. The molecule has 2 aliphatic rings. The monoisotopic (exact) mass is 443 g/mol. The Bertz CT molecular complexity index is 1010. The van der Waals surface area contributed by atoms with Gasteiger partial charge in [-0.1, -0.05) is 17.7 Å². The van der Waals surface area contributed by atoms with E-state index in [2.05, 4.69) is 9.97 Å². The maximum Gasteiger partial charge on any atom is 0.275 e. The molecule has 1 aromatic heterocycles. The highest BCUT2D eigenvalue weighted by atomic mass is 35.5. The van der Waals surface area contributed by atoms with Gasteiger partial charge in [0, 0.05) is 29.8 Å². The van der Waals surface area contributed by atoms with Gasteiger partial charge in [-0.15, -0.1) is 0 Å². The highest BCUT2D eigenvalue weighted by Crippen LogP contribution is 2.47. The fourth-order valence-electron chi connectivity index (χ4n) is 4.99. The number of carbonyl (C=O) groups excluding carboxylic acids is 3. The minimum absolute atomic E-state index is 0.00595. The Morgan fingerprint density at radius 3 is 2.71 bits per heavy atom. The number of aromatic nitrogens is 2. The molecule has 0 unspecified atom stereocenters. The van der Waals surface area contributed by atoms with Crippen LogP contribution < -0.4 is 10.6 Å². The van der Waals surface area contributed by atoms with Crippen molar-refractivity contribution in [2.45, 2.75) is 45.1 Å². The lowest BCUT2D eigenvalue weighted by molar-refractivity contribution is -0.127. The molecule has 1 aromatic carbocycles. The van der Waals surface area contributed by atoms with Crippen LogP contribution in [0.4, 0.5) is 5.69 Å². The van der Waals surface area contributed by atoms with Crippen molar-refractivity contribution >= 4 is 35.0 Å². The van der Waals surface area contributed by atoms with Crippen LogP contribution in [0.5, 0.6) is 0 Å². The average Bonchev–Trinajstić information content (AvgIpc) is 3.36. The van der Waals surface area contributed by atoms with Crippen LogP contribution in [0.15, 0.2) is 30.6 Å². The number of aromatic amines is 1. The Kier molecular flexibility index (Phi) is 5.75. The minimum Gasteiger partial charge on any atom is -0.364 e. The fourth-order valence-corrected chi connectivity index (χ4v) is 5.17. The van der Waals surface area contributed by atoms with Crippen molar-refractivity contribution in [2.75, 3.05) is 18.0 Å². The van der Waals surface area contributed by atoms with Crippen molar-refractivity contribution in [1.82, 2.24) is 14.9 Å². The smallest absolute Gasteiger partial charge is 0.275 e. The second-order valence-electron chi connectivity index (χ2n) is 8.28. The van der Waals surface area contributed by atoms with Gasteiger partial charge in [0.2, 0.25) is 5.91 Å². The van der Waals surface area contributed by atoms with Crippen LogP contribution in [0.3, 0.4) is 0 Å². The van der Waals surface area contributed by atoms with Crippen molar-refractivity contribution in [3.8, 4) is 0 Å². The first kappa shape index (κ1) is 21.4. The number of amides is 3. The summed E-state index contributed by atoms with van der Waals surface area (Å²) in [4.78, 5) is 48.2. The van der Waals surface area contributed by atoms with Gasteiger partial charge in [0.1, 0.15) is 5.69 Å². The van der Waals surface area contributed by atoms with Gasteiger partial charge in [0.25, 0.3) is 11.8 Å². The minimum atomic E-state index is -0.711. The van der Waals surface area contributed by atoms with Gasteiger partial charge in [-0.25, -0.2) is 4.98 Å². The Morgan fingerprint density at radius 1 is 1.32 bits per heavy atom. The second-order valence-corrected chi connectivity index (χ2v) is 8.72. The van der Waals surface area contributed by atoms with Crippen LogP contribution >= 0.6 is 11.6 Å². The van der Waals surface area contributed by atoms with Crippen molar-refractivity contribution in [1.29, 1.82) is 0 Å². The van der Waals surface area contributed by atoms with Crippen molar-refractivity contribution in [2.24, 2.45) is 11.1 Å². The first-order chi connectivity index (χ1) is 14.9. The summed E-state index contributed by atoms with van der Waals surface area (Å²) in [5.74, 6) is -0.875. The third-order valence-electron chi connectivity index (χ3n) is 6.68. The van der Waals surface area contributed by atoms with Gasteiger partial charge in [0.05, 0.1) is 11.7 Å². The summed E-state index contributed by atoms with van der Waals surface area (Å²) in [5.41, 5.74) is 5.88. The van der Waals surface area contributed by atoms with E-state index < -0.39 is 5.91 Å². The van der Waals surface area contributed by atoms with E-state index in [1.165, 1.54) is 6.33 Å². The average molecular weight is 444 g/mol. The predicted octanol–water partition coefficient (Wildman–Crippen LogP) is 2.99. The lowest BCUT2D eigenvalue weighted by Crippen LogP contribution is -2.46. The Hall–Kier alpha value is -2.87. The van der Waals surface area contributed by atoms with Crippen molar-refractivity contribution in [3.63, 3.8) is 0 Å². The SMILES string of the molecule is CCN(C(=O)c1nc[nH]c1C(N)=O)[C@H]1CC[C@@]2(CCN(c3cccc(Cl)c3)C2=O)CC1. The van der Waals surface area contributed by atoms with E-state index >= 15 is 0 Å². The summed E-state index contributed by atoms with van der Waals surface area (Å²) >= 11 is 6.11. The molecular weight excluding hydrogens is 418 g/mol. The van der Waals surface area contributed by atoms with Gasteiger partial charge in [-0.05, 0) is 57.2 Å². The number of anilines is 1. The fraction of sp³-hybridized carbons (Fsp3) is 0.455. The Morgan fingerprint density at radius 2 is 2.06 bits per heavy atom. The van der Waals surface area contributed by atoms with Crippen molar-refractivity contribution < 1.29 is 14.4 Å². The number of nitrogens with zero attached hydrogens (tertiary/aromatic N) is 3. The molecule has 2 heterocycles. The third kappa shape index (κ3) is 3.80. The molecule has 9 heteroatoms. The van der Waals surface area contributed by atoms with E-state index in [1.807, 2.05) is 30.0 Å². The quantitative estimate of drug-likeness (QED) is 0.739. The molecule has 2 aromatic rings. The predicted molar refractivity (Wildman–Crippen MR) is 117 cm³/mol. The number of benzene rings is 1. The summed E-state index contributed by atoms with van der Waals surface area (Å²) in [6, 6.07) is 7.38. The molecular formula is C22H26ClN5O3. The van der Waals surface area contributed by atoms with Gasteiger partial charge < -0.3 is 20.5 Å². The molecule has 3 amide bonds. The number of nitrogens with two attached hydrogens (primary N) is 1. The standard InChI is InChI=1S/C22H26ClN5O3/c1-2-27(20(30)18-17(19(24)29)25-13-26-18)15-6-8-22(9-7-15)10-11-28(21(22)31)16-5-3-4-14(23)12-16/h3-5,12-13,15H,2,6-11H2,1H3,(H2,24,29)(H,25,26)/t15-,22-. The van der Waals surface area contributed by atoms with Crippen LogP contribution in [-0.2, 0) is 4.79 Å². The molecule has 1 aliphatic carbocycles. The van der Waals surface area contributed by atoms with E-state index in [4.69, 9.17) is 17.3 Å². The summed E-state index contributed by atoms with van der Waals surface area (Å²) in [7, 11) is 0. The number of primary amides is 1. The number of H-pyrrole nitrogens is 1. The van der Waals surface area contributed by atoms with Crippen LogP contribution in [0.2, 0.25) is 5.02 Å². The molecule has 1 spiro atoms. The lowest BCUT2D eigenvalue weighted by Gasteiger charge is -2.40. The van der Waals surface area contributed by atoms with E-state index in [0.717, 1.165) is 37.8 Å². The molecule has 1 saturated carbocycles. The molecule has 8 nitrogen and oxygen atoms in total. The van der Waals surface area contributed by atoms with Crippen molar-refractivity contribution in [3.05, 3.63) is 47.0 Å². The number of halogens is 1. The lowest BCUT2D eigenvalue weighted by atomic mass is 9.71. The number of hydrogen-bond donors (Lipinski definition) is 2. The van der Waals surface area contributed by atoms with E-state index in [-0.39, 0.29) is 34.7 Å². The molecule has 0 bridgehead atoms. The second kappa shape index (κ2) is 8.34. The first-order valence-electron chi connectivity index (χ1n) is 10.6. The molecule has 4 rings (SSSR count). The summed E-state index contributed by atoms with van der Waals surface area (Å²) in [5, 5.41) is 0.612. The summed E-state index contributed by atoms with van der Waals surface area (Å²) in [6.07, 6.45) is 5.01.